The van der Waals surface area contributed by atoms with Crippen molar-refractivity contribution in [2.45, 2.75) is 19.3 Å². The van der Waals surface area contributed by atoms with Crippen LogP contribution in [0.1, 0.15) is 29.5 Å². The third-order valence-corrected chi connectivity index (χ3v) is 3.62. The zero-order chi connectivity index (χ0) is 15.1. The van der Waals surface area contributed by atoms with E-state index >= 15 is 0 Å². The van der Waals surface area contributed by atoms with Gasteiger partial charge in [-0.15, -0.1) is 0 Å². The van der Waals surface area contributed by atoms with Crippen molar-refractivity contribution in [1.29, 1.82) is 0 Å². The summed E-state index contributed by atoms with van der Waals surface area (Å²) in [7, 11) is 0. The van der Waals surface area contributed by atoms with Gasteiger partial charge in [0.25, 0.3) is 0 Å². The van der Waals surface area contributed by atoms with Crippen LogP contribution in [0.15, 0.2) is 79.4 Å². The number of hydrogen-bond donors (Lipinski definition) is 0. The van der Waals surface area contributed by atoms with E-state index in [9.17, 15) is 0 Å². The summed E-state index contributed by atoms with van der Waals surface area (Å²) in [6, 6.07) is 18.9. The molecule has 0 bridgehead atoms. The molecular weight excluding hydrogens is 252 g/mol. The molecule has 0 nitrogen and oxygen atoms in total. The Kier molecular flexibility index (Phi) is 5.34. The van der Waals surface area contributed by atoms with Gasteiger partial charge in [-0.2, -0.15) is 0 Å². The number of aryl methyl sites for hydroxylation is 1. The van der Waals surface area contributed by atoms with Crippen molar-refractivity contribution >= 4 is 5.57 Å². The molecule has 0 unspecified atom stereocenters. The van der Waals surface area contributed by atoms with E-state index in [1.165, 1.54) is 16.7 Å². The summed E-state index contributed by atoms with van der Waals surface area (Å²) in [6.45, 7) is 13.6. The molecule has 0 saturated carbocycles. The molecule has 0 atom stereocenters. The highest BCUT2D eigenvalue weighted by atomic mass is 14.1. The molecule has 0 N–H and O–H groups in total. The minimum atomic E-state index is 0.865. The van der Waals surface area contributed by atoms with Crippen molar-refractivity contribution in [3.63, 3.8) is 0 Å². The SMILES string of the molecule is [CH]=C(C=C)CCCc1ccc(C(=C)c2ccccc2)cc1. The van der Waals surface area contributed by atoms with Crippen LogP contribution in [0, 0.1) is 6.58 Å². The summed E-state index contributed by atoms with van der Waals surface area (Å²) >= 11 is 0. The molecule has 0 aromatic heterocycles. The minimum absolute atomic E-state index is 0.865. The quantitative estimate of drug-likeness (QED) is 0.575. The first-order valence-electron chi connectivity index (χ1n) is 7.28. The number of rotatable bonds is 7. The molecule has 0 aliphatic carbocycles. The highest BCUT2D eigenvalue weighted by Gasteiger charge is 2.02. The number of benzene rings is 2. The molecule has 0 amide bonds. The average molecular weight is 273 g/mol. The Morgan fingerprint density at radius 2 is 1.57 bits per heavy atom. The zero-order valence-corrected chi connectivity index (χ0v) is 12.4. The first-order chi connectivity index (χ1) is 10.2. The maximum absolute atomic E-state index is 5.75. The van der Waals surface area contributed by atoms with Crippen LogP contribution in [-0.2, 0) is 6.42 Å². The minimum Gasteiger partial charge on any atom is -0.0988 e. The van der Waals surface area contributed by atoms with E-state index < -0.39 is 0 Å². The largest absolute Gasteiger partial charge is 0.0988 e. The van der Waals surface area contributed by atoms with E-state index in [1.807, 2.05) is 18.2 Å². The summed E-state index contributed by atoms with van der Waals surface area (Å²) in [5.74, 6) is 0. The van der Waals surface area contributed by atoms with Gasteiger partial charge >= 0.3 is 0 Å². The van der Waals surface area contributed by atoms with Crippen LogP contribution in [-0.4, -0.2) is 0 Å². The topological polar surface area (TPSA) is 0 Å². The van der Waals surface area contributed by atoms with E-state index in [4.69, 9.17) is 6.58 Å². The first-order valence-corrected chi connectivity index (χ1v) is 7.28. The predicted molar refractivity (Wildman–Crippen MR) is 92.0 cm³/mol. The lowest BCUT2D eigenvalue weighted by Gasteiger charge is -2.08. The van der Waals surface area contributed by atoms with Crippen LogP contribution in [0.2, 0.25) is 0 Å². The monoisotopic (exact) mass is 273 g/mol. The van der Waals surface area contributed by atoms with Gasteiger partial charge in [0, 0.05) is 0 Å². The second-order valence-corrected chi connectivity index (χ2v) is 5.17. The van der Waals surface area contributed by atoms with E-state index in [-0.39, 0.29) is 0 Å². The highest BCUT2D eigenvalue weighted by Crippen LogP contribution is 2.22. The van der Waals surface area contributed by atoms with Crippen molar-refractivity contribution in [1.82, 2.24) is 0 Å². The summed E-state index contributed by atoms with van der Waals surface area (Å²) in [5.41, 5.74) is 5.59. The van der Waals surface area contributed by atoms with E-state index in [0.717, 1.165) is 30.4 Å². The van der Waals surface area contributed by atoms with Crippen molar-refractivity contribution in [2.24, 2.45) is 0 Å². The fourth-order valence-corrected chi connectivity index (χ4v) is 2.28. The molecule has 1 radical (unpaired) electrons. The van der Waals surface area contributed by atoms with Gasteiger partial charge in [0.15, 0.2) is 0 Å². The molecule has 0 aliphatic heterocycles. The fourth-order valence-electron chi connectivity index (χ4n) is 2.28. The average Bonchev–Trinajstić information content (AvgIpc) is 2.55. The number of allylic oxidation sites excluding steroid dienone is 2. The van der Waals surface area contributed by atoms with Crippen molar-refractivity contribution in [2.75, 3.05) is 0 Å². The Hall–Kier alpha value is -2.34. The molecule has 0 fully saturated rings. The molecule has 0 heterocycles. The maximum atomic E-state index is 5.75. The lowest BCUT2D eigenvalue weighted by atomic mass is 9.97. The zero-order valence-electron chi connectivity index (χ0n) is 12.4. The summed E-state index contributed by atoms with van der Waals surface area (Å²) in [4.78, 5) is 0. The molecule has 21 heavy (non-hydrogen) atoms. The standard InChI is InChI=1S/C21H21/c1-4-17(2)9-8-10-19-13-15-21(16-14-19)18(3)20-11-6-5-7-12-20/h2,4-7,11-16H,1,3,8-10H2. The second-order valence-electron chi connectivity index (χ2n) is 5.17. The van der Waals surface area contributed by atoms with Crippen LogP contribution in [0.5, 0.6) is 0 Å². The summed E-state index contributed by atoms with van der Waals surface area (Å²) in [5, 5.41) is 0. The van der Waals surface area contributed by atoms with Gasteiger partial charge in [-0.3, -0.25) is 0 Å². The molecular formula is C21H21. The number of hydrogen-bond acceptors (Lipinski definition) is 0. The van der Waals surface area contributed by atoms with E-state index in [0.29, 0.717) is 0 Å². The van der Waals surface area contributed by atoms with Crippen LogP contribution < -0.4 is 0 Å². The lowest BCUT2D eigenvalue weighted by Crippen LogP contribution is -1.89. The third-order valence-electron chi connectivity index (χ3n) is 3.62. The van der Waals surface area contributed by atoms with Crippen LogP contribution in [0.25, 0.3) is 5.57 Å². The highest BCUT2D eigenvalue weighted by molar-refractivity contribution is 5.77. The molecule has 0 aliphatic rings. The molecule has 0 spiro atoms. The van der Waals surface area contributed by atoms with Gasteiger partial charge in [-0.25, -0.2) is 0 Å². The Morgan fingerprint density at radius 3 is 2.19 bits per heavy atom. The molecule has 0 saturated heterocycles. The molecule has 0 heteroatoms. The first kappa shape index (κ1) is 15.1. The lowest BCUT2D eigenvalue weighted by molar-refractivity contribution is 0.824. The van der Waals surface area contributed by atoms with Gasteiger partial charge in [-0.05, 0) is 47.1 Å². The smallest absolute Gasteiger partial charge is 0.0183 e. The van der Waals surface area contributed by atoms with Gasteiger partial charge in [-0.1, -0.05) is 80.4 Å². The van der Waals surface area contributed by atoms with Crippen molar-refractivity contribution < 1.29 is 0 Å². The third kappa shape index (κ3) is 4.32. The van der Waals surface area contributed by atoms with Gasteiger partial charge < -0.3 is 0 Å². The van der Waals surface area contributed by atoms with Crippen molar-refractivity contribution in [3.8, 4) is 0 Å². The van der Waals surface area contributed by atoms with E-state index in [2.05, 4.69) is 49.6 Å². The van der Waals surface area contributed by atoms with Gasteiger partial charge in [0.05, 0.1) is 0 Å². The summed E-state index contributed by atoms with van der Waals surface area (Å²) < 4.78 is 0. The van der Waals surface area contributed by atoms with Crippen LogP contribution >= 0.6 is 0 Å². The normalized spacial score (nSPS) is 10.1. The Balaban J connectivity index is 1.97. The van der Waals surface area contributed by atoms with Crippen LogP contribution in [0.4, 0.5) is 0 Å². The van der Waals surface area contributed by atoms with Gasteiger partial charge in [0.2, 0.25) is 0 Å². The van der Waals surface area contributed by atoms with E-state index in [1.54, 1.807) is 6.08 Å². The second kappa shape index (κ2) is 7.44. The molecule has 2 aromatic rings. The van der Waals surface area contributed by atoms with Crippen LogP contribution in [0.3, 0.4) is 0 Å². The summed E-state index contributed by atoms with van der Waals surface area (Å²) in [6.07, 6.45) is 4.72. The molecule has 2 rings (SSSR count). The fraction of sp³-hybridized carbons (Fsp3) is 0.143. The molecule has 105 valence electrons. The van der Waals surface area contributed by atoms with Crippen molar-refractivity contribution in [3.05, 3.63) is 103 Å². The Labute approximate surface area is 128 Å². The predicted octanol–water partition coefficient (Wildman–Crippen LogP) is 5.62. The maximum Gasteiger partial charge on any atom is -0.0183 e. The Bertz CT molecular complexity index is 615. The van der Waals surface area contributed by atoms with Gasteiger partial charge in [0.1, 0.15) is 0 Å². The molecule has 2 aromatic carbocycles. The Morgan fingerprint density at radius 1 is 0.952 bits per heavy atom.